The van der Waals surface area contributed by atoms with Gasteiger partial charge in [0.1, 0.15) is 10.6 Å². The number of hydrogen-bond donors (Lipinski definition) is 3. The molecule has 4 aromatic rings. The molecule has 9 heteroatoms. The second-order valence-corrected chi connectivity index (χ2v) is 9.60. The van der Waals surface area contributed by atoms with Crippen LogP contribution in [-0.4, -0.2) is 26.2 Å². The van der Waals surface area contributed by atoms with Crippen molar-refractivity contribution in [3.63, 3.8) is 0 Å². The molecule has 31 heavy (non-hydrogen) atoms. The second kappa shape index (κ2) is 8.74. The number of benzene rings is 2. The summed E-state index contributed by atoms with van der Waals surface area (Å²) in [7, 11) is 0. The van der Waals surface area contributed by atoms with Crippen molar-refractivity contribution in [3.8, 4) is 16.9 Å². The number of H-pyrrole nitrogens is 1. The molecule has 158 valence electrons. The number of anilines is 1. The molecule has 0 bridgehead atoms. The van der Waals surface area contributed by atoms with Crippen LogP contribution in [0, 0.1) is 6.92 Å². The van der Waals surface area contributed by atoms with Gasteiger partial charge in [-0.15, -0.1) is 11.3 Å². The lowest BCUT2D eigenvalue weighted by Crippen LogP contribution is -2.23. The summed E-state index contributed by atoms with van der Waals surface area (Å²) in [5.74, 6) is -0.429. The van der Waals surface area contributed by atoms with E-state index in [1.807, 2.05) is 36.6 Å². The van der Waals surface area contributed by atoms with E-state index in [0.29, 0.717) is 20.4 Å². The standard InChI is InChI=1S/C22H18ClN3O3S2/c1-11-3-5-13(6-4-11)15-10-30-21-18(15)20(29)25-22(26-21)31-12(2)19(28)24-16-9-14(23)7-8-17(16)27/h3-10,12,27H,1-2H3,(H,24,28)(H,25,26,29). The predicted octanol–water partition coefficient (Wildman–Crippen LogP) is 5.44. The van der Waals surface area contributed by atoms with Crippen LogP contribution in [0.15, 0.2) is 57.8 Å². The summed E-state index contributed by atoms with van der Waals surface area (Å²) in [6, 6.07) is 12.4. The highest BCUT2D eigenvalue weighted by molar-refractivity contribution is 8.00. The van der Waals surface area contributed by atoms with E-state index < -0.39 is 5.25 Å². The van der Waals surface area contributed by atoms with Gasteiger partial charge in [0.05, 0.1) is 16.3 Å². The van der Waals surface area contributed by atoms with Gasteiger partial charge in [-0.3, -0.25) is 9.59 Å². The molecular weight excluding hydrogens is 454 g/mol. The zero-order chi connectivity index (χ0) is 22.1. The van der Waals surface area contributed by atoms with Crippen LogP contribution >= 0.6 is 34.7 Å². The van der Waals surface area contributed by atoms with Crippen molar-refractivity contribution in [3.05, 3.63) is 68.8 Å². The Balaban J connectivity index is 1.56. The number of halogens is 1. The van der Waals surface area contributed by atoms with Crippen molar-refractivity contribution in [1.82, 2.24) is 9.97 Å². The van der Waals surface area contributed by atoms with Gasteiger partial charge in [0.25, 0.3) is 5.56 Å². The fourth-order valence-corrected chi connectivity index (χ4v) is 4.97. The number of hydrogen-bond acceptors (Lipinski definition) is 6. The van der Waals surface area contributed by atoms with E-state index in [4.69, 9.17) is 11.6 Å². The minimum atomic E-state index is -0.574. The van der Waals surface area contributed by atoms with Crippen LogP contribution in [0.2, 0.25) is 5.02 Å². The van der Waals surface area contributed by atoms with Gasteiger partial charge in [0, 0.05) is 16.0 Å². The number of aromatic nitrogens is 2. The number of fused-ring (bicyclic) bond motifs is 1. The maximum absolute atomic E-state index is 12.8. The van der Waals surface area contributed by atoms with Crippen LogP contribution in [-0.2, 0) is 4.79 Å². The molecule has 0 saturated heterocycles. The van der Waals surface area contributed by atoms with Crippen LogP contribution < -0.4 is 10.9 Å². The first kappa shape index (κ1) is 21.4. The highest BCUT2D eigenvalue weighted by Crippen LogP contribution is 2.33. The Hall–Kier alpha value is -2.81. The zero-order valence-corrected chi connectivity index (χ0v) is 19.0. The highest BCUT2D eigenvalue weighted by atomic mass is 35.5. The number of carbonyl (C=O) groups excluding carboxylic acids is 1. The number of thiophene rings is 1. The molecule has 2 heterocycles. The van der Waals surface area contributed by atoms with Gasteiger partial charge in [-0.2, -0.15) is 0 Å². The Morgan fingerprint density at radius 3 is 2.74 bits per heavy atom. The molecule has 0 saturated carbocycles. The molecule has 0 radical (unpaired) electrons. The minimum absolute atomic E-state index is 0.0786. The third-order valence-corrected chi connectivity index (χ3v) is 6.75. The van der Waals surface area contributed by atoms with Crippen molar-refractivity contribution in [2.75, 3.05) is 5.32 Å². The van der Waals surface area contributed by atoms with Crippen molar-refractivity contribution >= 4 is 56.5 Å². The molecule has 2 aromatic carbocycles. The molecule has 0 aliphatic rings. The number of nitrogens with zero attached hydrogens (tertiary/aromatic N) is 1. The molecule has 1 amide bonds. The van der Waals surface area contributed by atoms with Crippen LogP contribution in [0.3, 0.4) is 0 Å². The lowest BCUT2D eigenvalue weighted by molar-refractivity contribution is -0.115. The first-order valence-corrected chi connectivity index (χ1v) is 11.5. The average molecular weight is 472 g/mol. The maximum atomic E-state index is 12.8. The van der Waals surface area contributed by atoms with Crippen molar-refractivity contribution in [1.29, 1.82) is 0 Å². The van der Waals surface area contributed by atoms with E-state index in [1.54, 1.807) is 6.92 Å². The number of nitrogens with one attached hydrogen (secondary N) is 2. The van der Waals surface area contributed by atoms with E-state index in [9.17, 15) is 14.7 Å². The fraction of sp³-hybridized carbons (Fsp3) is 0.136. The third-order valence-electron chi connectivity index (χ3n) is 4.66. The molecular formula is C22H18ClN3O3S2. The Kier molecular flexibility index (Phi) is 6.04. The Bertz CT molecular complexity index is 1330. The van der Waals surface area contributed by atoms with Gasteiger partial charge >= 0.3 is 0 Å². The Labute approximate surface area is 191 Å². The number of phenols is 1. The van der Waals surface area contributed by atoms with E-state index in [2.05, 4.69) is 15.3 Å². The fourth-order valence-electron chi connectivity index (χ4n) is 2.99. The zero-order valence-electron chi connectivity index (χ0n) is 16.6. The number of rotatable bonds is 5. The van der Waals surface area contributed by atoms with Crippen molar-refractivity contribution in [2.45, 2.75) is 24.3 Å². The molecule has 0 aliphatic carbocycles. The summed E-state index contributed by atoms with van der Waals surface area (Å²) in [4.78, 5) is 33.3. The van der Waals surface area contributed by atoms with E-state index in [1.165, 1.54) is 29.5 Å². The smallest absolute Gasteiger partial charge is 0.260 e. The summed E-state index contributed by atoms with van der Waals surface area (Å²) in [5, 5.41) is 15.2. The van der Waals surface area contributed by atoms with Crippen LogP contribution in [0.25, 0.3) is 21.3 Å². The highest BCUT2D eigenvalue weighted by Gasteiger charge is 2.19. The molecule has 6 nitrogen and oxygen atoms in total. The molecule has 0 aliphatic heterocycles. The van der Waals surface area contributed by atoms with Gasteiger partial charge < -0.3 is 15.4 Å². The van der Waals surface area contributed by atoms with E-state index >= 15 is 0 Å². The SMILES string of the molecule is Cc1ccc(-c2csc3nc(SC(C)C(=O)Nc4cc(Cl)ccc4O)[nH]c(=O)c23)cc1. The van der Waals surface area contributed by atoms with Crippen molar-refractivity contribution < 1.29 is 9.90 Å². The molecule has 1 atom stereocenters. The largest absolute Gasteiger partial charge is 0.506 e. The quantitative estimate of drug-likeness (QED) is 0.205. The van der Waals surface area contributed by atoms with Gasteiger partial charge in [0.15, 0.2) is 5.16 Å². The summed E-state index contributed by atoms with van der Waals surface area (Å²) in [5.41, 5.74) is 2.92. The number of aromatic amines is 1. The normalized spacial score (nSPS) is 12.1. The van der Waals surface area contributed by atoms with Gasteiger partial charge in [-0.1, -0.05) is 53.2 Å². The molecule has 3 N–H and O–H groups in total. The lowest BCUT2D eigenvalue weighted by atomic mass is 10.1. The summed E-state index contributed by atoms with van der Waals surface area (Å²) >= 11 is 8.44. The van der Waals surface area contributed by atoms with E-state index in [-0.39, 0.29) is 22.9 Å². The number of amides is 1. The second-order valence-electron chi connectivity index (χ2n) is 6.98. The molecule has 0 spiro atoms. The van der Waals surface area contributed by atoms with Crippen LogP contribution in [0.1, 0.15) is 12.5 Å². The molecule has 0 fully saturated rings. The Morgan fingerprint density at radius 1 is 1.26 bits per heavy atom. The first-order chi connectivity index (χ1) is 14.8. The summed E-state index contributed by atoms with van der Waals surface area (Å²) < 4.78 is 0. The first-order valence-electron chi connectivity index (χ1n) is 9.36. The van der Waals surface area contributed by atoms with Crippen LogP contribution in [0.4, 0.5) is 5.69 Å². The predicted molar refractivity (Wildman–Crippen MR) is 127 cm³/mol. The lowest BCUT2D eigenvalue weighted by Gasteiger charge is -2.12. The molecule has 4 rings (SSSR count). The summed E-state index contributed by atoms with van der Waals surface area (Å²) in [6.45, 7) is 3.70. The average Bonchev–Trinajstić information content (AvgIpc) is 3.15. The van der Waals surface area contributed by atoms with Gasteiger partial charge in [-0.05, 0) is 37.6 Å². The third kappa shape index (κ3) is 4.61. The number of carbonyl (C=O) groups is 1. The van der Waals surface area contributed by atoms with Crippen LogP contribution in [0.5, 0.6) is 5.75 Å². The number of phenolic OH excluding ortho intramolecular Hbond substituents is 1. The number of thioether (sulfide) groups is 1. The van der Waals surface area contributed by atoms with E-state index in [0.717, 1.165) is 28.5 Å². The number of aryl methyl sites for hydroxylation is 1. The van der Waals surface area contributed by atoms with Gasteiger partial charge in [-0.25, -0.2) is 4.98 Å². The maximum Gasteiger partial charge on any atom is 0.260 e. The molecule has 2 aromatic heterocycles. The summed E-state index contributed by atoms with van der Waals surface area (Å²) in [6.07, 6.45) is 0. The molecule has 1 unspecified atom stereocenters. The Morgan fingerprint density at radius 2 is 2.00 bits per heavy atom. The monoisotopic (exact) mass is 471 g/mol. The van der Waals surface area contributed by atoms with Gasteiger partial charge in [0.2, 0.25) is 5.91 Å². The number of aromatic hydroxyl groups is 1. The minimum Gasteiger partial charge on any atom is -0.506 e. The topological polar surface area (TPSA) is 95.1 Å². The van der Waals surface area contributed by atoms with Crippen molar-refractivity contribution in [2.24, 2.45) is 0 Å².